The Kier molecular flexibility index (Phi) is 3.15. The highest BCUT2D eigenvalue weighted by atomic mass is 16.5. The van der Waals surface area contributed by atoms with Crippen molar-refractivity contribution in [2.75, 3.05) is 0 Å². The third-order valence-electron chi connectivity index (χ3n) is 4.20. The van der Waals surface area contributed by atoms with Crippen molar-refractivity contribution in [1.29, 1.82) is 0 Å². The second-order valence-corrected chi connectivity index (χ2v) is 6.58. The average Bonchev–Trinajstić information content (AvgIpc) is 2.54. The van der Waals surface area contributed by atoms with E-state index in [-0.39, 0.29) is 11.5 Å². The molecule has 1 aliphatic rings. The second-order valence-electron chi connectivity index (χ2n) is 6.58. The topological polar surface area (TPSA) is 79.9 Å². The normalized spacial score (nSPS) is 15.0. The van der Waals surface area contributed by atoms with Gasteiger partial charge in [-0.2, -0.15) is 0 Å². The first-order valence-corrected chi connectivity index (χ1v) is 7.85. The maximum atomic E-state index is 12.5. The van der Waals surface area contributed by atoms with E-state index in [1.807, 2.05) is 19.9 Å². The maximum absolute atomic E-state index is 12.5. The van der Waals surface area contributed by atoms with Gasteiger partial charge in [0, 0.05) is 17.0 Å². The lowest BCUT2D eigenvalue weighted by Gasteiger charge is -2.29. The first-order valence-electron chi connectivity index (χ1n) is 7.85. The number of phenols is 2. The molecule has 2 aromatic carbocycles. The van der Waals surface area contributed by atoms with Crippen LogP contribution in [0.4, 0.5) is 0 Å². The molecule has 0 spiro atoms. The molecular weight excluding hydrogens is 320 g/mol. The molecule has 5 nitrogen and oxygen atoms in total. The number of hydrogen-bond acceptors (Lipinski definition) is 5. The highest BCUT2D eigenvalue weighted by Gasteiger charge is 2.27. The van der Waals surface area contributed by atoms with Crippen LogP contribution in [-0.4, -0.2) is 15.8 Å². The molecule has 3 aromatic rings. The Hall–Kier alpha value is -3.21. The van der Waals surface area contributed by atoms with Crippen LogP contribution < -0.4 is 10.4 Å². The van der Waals surface area contributed by atoms with Crippen molar-refractivity contribution >= 4 is 17.0 Å². The summed E-state index contributed by atoms with van der Waals surface area (Å²) in [6.45, 7) is 3.79. The van der Waals surface area contributed by atoms with E-state index in [1.54, 1.807) is 24.3 Å². The maximum Gasteiger partial charge on any atom is 0.344 e. The number of ether oxygens (including phenoxy) is 1. The fraction of sp³-hybridized carbons (Fsp3) is 0.150. The zero-order chi connectivity index (χ0) is 17.8. The zero-order valence-electron chi connectivity index (χ0n) is 13.7. The third-order valence-corrected chi connectivity index (χ3v) is 4.20. The molecule has 1 aliphatic heterocycles. The Morgan fingerprint density at radius 2 is 1.80 bits per heavy atom. The van der Waals surface area contributed by atoms with Crippen LogP contribution >= 0.6 is 0 Å². The number of fused-ring (bicyclic) bond motifs is 2. The summed E-state index contributed by atoms with van der Waals surface area (Å²) in [4.78, 5) is 12.5. The predicted octanol–water partition coefficient (Wildman–Crippen LogP) is 4.06. The van der Waals surface area contributed by atoms with Crippen molar-refractivity contribution in [1.82, 2.24) is 0 Å². The van der Waals surface area contributed by atoms with Crippen molar-refractivity contribution in [3.05, 3.63) is 58.5 Å². The summed E-state index contributed by atoms with van der Waals surface area (Å²) in [7, 11) is 0. The molecular formula is C20H16O5. The van der Waals surface area contributed by atoms with Crippen LogP contribution in [0, 0.1) is 0 Å². The third kappa shape index (κ3) is 2.54. The molecule has 0 fully saturated rings. The smallest absolute Gasteiger partial charge is 0.344 e. The number of hydrogen-bond donors (Lipinski definition) is 2. The van der Waals surface area contributed by atoms with Gasteiger partial charge in [-0.3, -0.25) is 0 Å². The molecule has 0 aliphatic carbocycles. The minimum absolute atomic E-state index is 0.0284. The minimum Gasteiger partial charge on any atom is -0.508 e. The van der Waals surface area contributed by atoms with Gasteiger partial charge in [-0.15, -0.1) is 0 Å². The Bertz CT molecular complexity index is 1090. The predicted molar refractivity (Wildman–Crippen MR) is 95.0 cm³/mol. The van der Waals surface area contributed by atoms with E-state index in [2.05, 4.69) is 0 Å². The summed E-state index contributed by atoms with van der Waals surface area (Å²) in [5.41, 5.74) is 0.624. The standard InChI is InChI=1S/C20H16O5/c1-20(2)8-7-14-16(22)6-5-13(18(14)25-20)15-9-11-3-4-12(21)10-17(11)24-19(15)23/h3-10,21-22H,1-2H3. The molecule has 25 heavy (non-hydrogen) atoms. The van der Waals surface area contributed by atoms with E-state index in [0.29, 0.717) is 33.4 Å². The van der Waals surface area contributed by atoms with Gasteiger partial charge in [-0.05, 0) is 56.3 Å². The molecule has 0 atom stereocenters. The van der Waals surface area contributed by atoms with Gasteiger partial charge in [0.25, 0.3) is 0 Å². The lowest BCUT2D eigenvalue weighted by Crippen LogP contribution is -2.28. The summed E-state index contributed by atoms with van der Waals surface area (Å²) in [6, 6.07) is 9.47. The summed E-state index contributed by atoms with van der Waals surface area (Å²) in [6.07, 6.45) is 3.64. The first-order chi connectivity index (χ1) is 11.8. The van der Waals surface area contributed by atoms with Crippen molar-refractivity contribution in [2.45, 2.75) is 19.4 Å². The van der Waals surface area contributed by atoms with Gasteiger partial charge in [0.2, 0.25) is 0 Å². The van der Waals surface area contributed by atoms with Crippen molar-refractivity contribution in [2.24, 2.45) is 0 Å². The average molecular weight is 336 g/mol. The summed E-state index contributed by atoms with van der Waals surface area (Å²) < 4.78 is 11.4. The summed E-state index contributed by atoms with van der Waals surface area (Å²) >= 11 is 0. The number of benzene rings is 2. The Morgan fingerprint density at radius 3 is 2.60 bits per heavy atom. The molecule has 0 bridgehead atoms. The molecule has 0 saturated carbocycles. The Balaban J connectivity index is 1.99. The van der Waals surface area contributed by atoms with E-state index in [1.165, 1.54) is 18.2 Å². The molecule has 0 radical (unpaired) electrons. The Labute approximate surface area is 143 Å². The van der Waals surface area contributed by atoms with E-state index in [4.69, 9.17) is 9.15 Å². The number of phenolic OH excluding ortho intramolecular Hbond substituents is 2. The molecule has 126 valence electrons. The SMILES string of the molecule is CC1(C)C=Cc2c(O)ccc(-c3cc4ccc(O)cc4oc3=O)c2O1. The second kappa shape index (κ2) is 5.14. The highest BCUT2D eigenvalue weighted by molar-refractivity contribution is 5.86. The summed E-state index contributed by atoms with van der Waals surface area (Å²) in [5, 5.41) is 20.3. The largest absolute Gasteiger partial charge is 0.508 e. The zero-order valence-corrected chi connectivity index (χ0v) is 13.7. The molecule has 0 saturated heterocycles. The van der Waals surface area contributed by atoms with Crippen LogP contribution in [0.2, 0.25) is 0 Å². The van der Waals surface area contributed by atoms with Crippen molar-refractivity contribution in [3.8, 4) is 28.4 Å². The fourth-order valence-electron chi connectivity index (χ4n) is 2.94. The summed E-state index contributed by atoms with van der Waals surface area (Å²) in [5.74, 6) is 0.555. The molecule has 0 amide bonds. The van der Waals surface area contributed by atoms with Gasteiger partial charge >= 0.3 is 5.63 Å². The number of rotatable bonds is 1. The van der Waals surface area contributed by atoms with Crippen LogP contribution in [0.1, 0.15) is 19.4 Å². The van der Waals surface area contributed by atoms with Gasteiger partial charge < -0.3 is 19.4 Å². The van der Waals surface area contributed by atoms with Crippen LogP contribution in [-0.2, 0) is 0 Å². The highest BCUT2D eigenvalue weighted by Crippen LogP contribution is 2.43. The number of aromatic hydroxyl groups is 2. The first kappa shape index (κ1) is 15.3. The molecule has 5 heteroatoms. The van der Waals surface area contributed by atoms with Gasteiger partial charge in [-0.25, -0.2) is 4.79 Å². The fourth-order valence-corrected chi connectivity index (χ4v) is 2.94. The molecule has 1 aromatic heterocycles. The lowest BCUT2D eigenvalue weighted by atomic mass is 9.96. The van der Waals surface area contributed by atoms with Crippen LogP contribution in [0.3, 0.4) is 0 Å². The minimum atomic E-state index is -0.557. The lowest BCUT2D eigenvalue weighted by molar-refractivity contribution is 0.159. The quantitative estimate of drug-likeness (QED) is 0.655. The van der Waals surface area contributed by atoms with Gasteiger partial charge in [-0.1, -0.05) is 0 Å². The van der Waals surface area contributed by atoms with E-state index in [0.717, 1.165) is 0 Å². The monoisotopic (exact) mass is 336 g/mol. The van der Waals surface area contributed by atoms with Gasteiger partial charge in [0.15, 0.2) is 0 Å². The van der Waals surface area contributed by atoms with E-state index >= 15 is 0 Å². The van der Waals surface area contributed by atoms with Gasteiger partial charge in [0.1, 0.15) is 28.4 Å². The van der Waals surface area contributed by atoms with E-state index in [9.17, 15) is 15.0 Å². The van der Waals surface area contributed by atoms with Crippen molar-refractivity contribution < 1.29 is 19.4 Å². The molecule has 2 N–H and O–H groups in total. The molecule has 4 rings (SSSR count). The van der Waals surface area contributed by atoms with Crippen LogP contribution in [0.5, 0.6) is 17.2 Å². The van der Waals surface area contributed by atoms with Crippen molar-refractivity contribution in [3.63, 3.8) is 0 Å². The van der Waals surface area contributed by atoms with Gasteiger partial charge in [0.05, 0.1) is 11.1 Å². The van der Waals surface area contributed by atoms with E-state index < -0.39 is 11.2 Å². The molecule has 0 unspecified atom stereocenters. The van der Waals surface area contributed by atoms with Crippen LogP contribution in [0.25, 0.3) is 28.2 Å². The Morgan fingerprint density at radius 1 is 1.00 bits per heavy atom. The van der Waals surface area contributed by atoms with Crippen LogP contribution in [0.15, 0.2) is 51.7 Å². The molecule has 2 heterocycles.